The SMILES string of the molecule is CCCCCCc1ccc(-c2ccc(-c3ccc(C4=C5C(=O)N(CC(CC)CCCC)C(c6ccc(-c7cc8c(-c9ccc(CC(CC)CCCC)s9)c9sc(-c%10ccc(C%11=C%12C(=O)N(CC(CC)CCCC)C(c%13ccc(-c%14ccc(-c%15ccc(CCCCCC)s%15)s%14)s%13)=C%12C(=O)N%11CC(CC)CCCC)s%10)cc9c(-c9ccc(CC(CC)CCCC)s9)c8s7)s6)=C5C(=O)N4CC(CC)CCCC)s3)s2)s1. The van der Waals surface area contributed by atoms with Gasteiger partial charge in [-0.1, -0.05) is 264 Å². The maximum atomic E-state index is 16.5. The minimum atomic E-state index is -0.0429. The van der Waals surface area contributed by atoms with Crippen LogP contribution in [0.3, 0.4) is 0 Å². The molecule has 754 valence electrons. The summed E-state index contributed by atoms with van der Waals surface area (Å²) < 4.78 is 2.54. The lowest BCUT2D eigenvalue weighted by Gasteiger charge is -2.29. The van der Waals surface area contributed by atoms with E-state index in [4.69, 9.17) is 0 Å². The molecule has 0 aliphatic carbocycles. The molecule has 0 N–H and O–H groups in total. The van der Waals surface area contributed by atoms with Crippen molar-refractivity contribution < 1.29 is 19.2 Å². The maximum Gasteiger partial charge on any atom is 0.261 e. The molecule has 13 aromatic rings. The number of aryl methyl sites for hydroxylation is 2. The van der Waals surface area contributed by atoms with Crippen LogP contribution >= 0.6 is 136 Å². The summed E-state index contributed by atoms with van der Waals surface area (Å²) in [4.78, 5) is 101. The molecule has 4 aliphatic rings. The van der Waals surface area contributed by atoms with Crippen molar-refractivity contribution in [2.45, 2.75) is 328 Å². The number of carbonyl (C=O) groups excluding carboxylic acids is 4. The fourth-order valence-corrected chi connectivity index (χ4v) is 35.6. The molecule has 0 bridgehead atoms. The monoisotopic (exact) mass is 2120 g/mol. The number of hydrogen-bond acceptors (Lipinski definition) is 16. The number of carbonyl (C=O) groups is 4. The van der Waals surface area contributed by atoms with E-state index in [2.05, 4.69) is 250 Å². The average molecular weight is 2120 g/mol. The topological polar surface area (TPSA) is 81.2 Å². The summed E-state index contributed by atoms with van der Waals surface area (Å²) in [7, 11) is 0. The Kier molecular flexibility index (Phi) is 37.7. The van der Waals surface area contributed by atoms with Crippen molar-refractivity contribution in [1.82, 2.24) is 19.6 Å². The molecule has 4 amide bonds. The average Bonchev–Trinajstić information content (AvgIpc) is 1.51. The normalized spacial score (nSPS) is 15.5. The second kappa shape index (κ2) is 50.3. The highest BCUT2D eigenvalue weighted by molar-refractivity contribution is 7.30. The summed E-state index contributed by atoms with van der Waals surface area (Å²) in [6, 6.07) is 51.3. The van der Waals surface area contributed by atoms with Gasteiger partial charge in [-0.2, -0.15) is 0 Å². The van der Waals surface area contributed by atoms with Crippen LogP contribution in [0, 0.1) is 35.5 Å². The van der Waals surface area contributed by atoms with Gasteiger partial charge in [0, 0.05) is 145 Å². The molecule has 12 aromatic heterocycles. The Morgan fingerprint density at radius 3 is 0.697 bits per heavy atom. The molecule has 142 heavy (non-hydrogen) atoms. The lowest BCUT2D eigenvalue weighted by atomic mass is 9.95. The highest BCUT2D eigenvalue weighted by Gasteiger charge is 2.53. The number of rotatable bonds is 58. The number of benzene rings is 1. The van der Waals surface area contributed by atoms with Gasteiger partial charge in [0.2, 0.25) is 0 Å². The highest BCUT2D eigenvalue weighted by atomic mass is 32.1. The smallest absolute Gasteiger partial charge is 0.261 e. The predicted octanol–water partition coefficient (Wildman–Crippen LogP) is 40.3. The van der Waals surface area contributed by atoms with Crippen molar-refractivity contribution in [3.05, 3.63) is 195 Å². The Morgan fingerprint density at radius 2 is 0.430 bits per heavy atom. The van der Waals surface area contributed by atoms with Crippen LogP contribution in [0.1, 0.15) is 341 Å². The number of nitrogens with zero attached hydrogens (tertiary/aromatic N) is 4. The fraction of sp³-hybridized carbons (Fsp3) is 0.492. The first-order valence-corrected chi connectivity index (χ1v) is 64.5. The van der Waals surface area contributed by atoms with E-state index in [9.17, 15) is 0 Å². The standard InChI is InChI=1S/C122H150N4O4S12/c1-15-29-37-39-47-83-49-53-89(131-83)91-57-59-93(135-91)95-61-65-101(137-95)113-109-111(121(129)123(113)73-79(25-11)43-33-19-5)115(125(119(109)127)75-81(27-13)45-35-21-7)103-67-63-97(139-103)105-71-87-107(99-55-51-85(133-99)69-77(23-9)41-31-17-3)118-88(108(117(87)141-105)100-56-52-86(134-100)70-78(24-10)42-32-18-4)72-106(142-118)98-64-68-104(140-98)116-112-110(120(128)126(116)76-82(28-14)46-36-22-8)114(124(122(112)130)74-80(26-12)44-34-20-6)102-66-62-96(138-102)94-60-58-92(136-94)90-54-50-84(132-90)48-40-38-30-16-2/h49-68,71-72,77-82H,15-48,69-70,73-76H2,1-14H3. The lowest BCUT2D eigenvalue weighted by Crippen LogP contribution is -2.34. The van der Waals surface area contributed by atoms with E-state index in [1.165, 1.54) is 189 Å². The molecule has 6 unspecified atom stereocenters. The van der Waals surface area contributed by atoms with Gasteiger partial charge < -0.3 is 19.6 Å². The largest absolute Gasteiger partial charge is 0.306 e. The van der Waals surface area contributed by atoms with Crippen molar-refractivity contribution in [1.29, 1.82) is 0 Å². The van der Waals surface area contributed by atoms with Crippen molar-refractivity contribution >= 4 is 203 Å². The molecule has 1 aromatic carbocycles. The van der Waals surface area contributed by atoms with Gasteiger partial charge in [0.15, 0.2) is 0 Å². The summed E-state index contributed by atoms with van der Waals surface area (Å²) in [6.07, 6.45) is 40.5. The minimum Gasteiger partial charge on any atom is -0.306 e. The van der Waals surface area contributed by atoms with E-state index in [0.717, 1.165) is 203 Å². The molecule has 0 fully saturated rings. The molecule has 4 aliphatic heterocycles. The molecule has 16 heterocycles. The zero-order chi connectivity index (χ0) is 99.2. The predicted molar refractivity (Wildman–Crippen MR) is 630 cm³/mol. The van der Waals surface area contributed by atoms with E-state index in [1.807, 2.05) is 90.7 Å². The van der Waals surface area contributed by atoms with E-state index in [1.54, 1.807) is 45.3 Å². The molecule has 17 rings (SSSR count). The molecular formula is C122H150N4O4S12. The molecule has 20 heteroatoms. The van der Waals surface area contributed by atoms with E-state index < -0.39 is 0 Å². The van der Waals surface area contributed by atoms with Gasteiger partial charge in [0.05, 0.1) is 64.6 Å². The Balaban J connectivity index is 0.813. The summed E-state index contributed by atoms with van der Waals surface area (Å²) in [6.45, 7) is 34.4. The van der Waals surface area contributed by atoms with Crippen LogP contribution in [-0.2, 0) is 44.9 Å². The van der Waals surface area contributed by atoms with E-state index in [-0.39, 0.29) is 47.3 Å². The van der Waals surface area contributed by atoms with E-state index >= 15 is 19.2 Å². The fourth-order valence-electron chi connectivity index (χ4n) is 21.8. The van der Waals surface area contributed by atoms with Gasteiger partial charge in [-0.05, 0) is 233 Å². The molecular weight excluding hydrogens is 1970 g/mol. The van der Waals surface area contributed by atoms with Gasteiger partial charge in [-0.15, -0.1) is 136 Å². The van der Waals surface area contributed by atoms with Gasteiger partial charge in [-0.25, -0.2) is 0 Å². The Bertz CT molecular complexity index is 6170. The van der Waals surface area contributed by atoms with Crippen LogP contribution in [0.25, 0.3) is 122 Å². The third kappa shape index (κ3) is 23.3. The van der Waals surface area contributed by atoms with Crippen LogP contribution in [-0.4, -0.2) is 69.4 Å². The van der Waals surface area contributed by atoms with Crippen LogP contribution in [0.4, 0.5) is 0 Å². The molecule has 8 nitrogen and oxygen atoms in total. The summed E-state index contributed by atoms with van der Waals surface area (Å²) in [5.41, 5.74) is 8.02. The second-order valence-electron chi connectivity index (χ2n) is 40.6. The van der Waals surface area contributed by atoms with Crippen molar-refractivity contribution in [2.75, 3.05) is 26.2 Å². The Hall–Kier alpha value is -7.02. The molecule has 6 atom stereocenters. The summed E-state index contributed by atoms with van der Waals surface area (Å²) in [5.74, 6) is 2.08. The number of unbranched alkanes of at least 4 members (excludes halogenated alkanes) is 12. The number of thiophene rings is 12. The molecule has 0 radical (unpaired) electrons. The highest BCUT2D eigenvalue weighted by Crippen LogP contribution is 2.60. The zero-order valence-electron chi connectivity index (χ0n) is 86.8. The minimum absolute atomic E-state index is 0.0429. The summed E-state index contributed by atoms with van der Waals surface area (Å²) in [5, 5.41) is 2.50. The summed E-state index contributed by atoms with van der Waals surface area (Å²) >= 11 is 22.3. The number of hydrogen-bond donors (Lipinski definition) is 0. The van der Waals surface area contributed by atoms with Crippen molar-refractivity contribution in [2.24, 2.45) is 35.5 Å². The van der Waals surface area contributed by atoms with Gasteiger partial charge >= 0.3 is 0 Å². The third-order valence-electron chi connectivity index (χ3n) is 30.5. The lowest BCUT2D eigenvalue weighted by molar-refractivity contribution is -0.124. The Labute approximate surface area is 896 Å². The first-order chi connectivity index (χ1) is 69.4. The maximum absolute atomic E-state index is 16.5. The second-order valence-corrected chi connectivity index (χ2v) is 53.9. The van der Waals surface area contributed by atoms with Crippen molar-refractivity contribution in [3.63, 3.8) is 0 Å². The van der Waals surface area contributed by atoms with Crippen LogP contribution < -0.4 is 0 Å². The first kappa shape index (κ1) is 106. The number of amides is 4. The van der Waals surface area contributed by atoms with Gasteiger partial charge in [0.1, 0.15) is 0 Å². The zero-order valence-corrected chi connectivity index (χ0v) is 96.6. The molecule has 0 spiro atoms. The molecule has 0 saturated carbocycles. The van der Waals surface area contributed by atoms with Crippen LogP contribution in [0.15, 0.2) is 156 Å². The Morgan fingerprint density at radius 1 is 0.211 bits per heavy atom. The van der Waals surface area contributed by atoms with Crippen LogP contribution in [0.5, 0.6) is 0 Å². The van der Waals surface area contributed by atoms with Gasteiger partial charge in [-0.3, -0.25) is 19.2 Å². The van der Waals surface area contributed by atoms with Gasteiger partial charge in [0.25, 0.3) is 23.6 Å². The van der Waals surface area contributed by atoms with Crippen LogP contribution in [0.2, 0.25) is 0 Å². The first-order valence-electron chi connectivity index (χ1n) is 54.7. The quantitative estimate of drug-likeness (QED) is 0.0356. The third-order valence-corrected chi connectivity index (χ3v) is 45.1. The molecule has 0 saturated heterocycles. The number of fused-ring (bicyclic) bond motifs is 4. The van der Waals surface area contributed by atoms with Crippen molar-refractivity contribution in [3.8, 4) is 79.4 Å². The van der Waals surface area contributed by atoms with E-state index in [0.29, 0.717) is 60.3 Å².